The number of hydrogen-bond donors (Lipinski definition) is 1. The number of carboxylic acids is 1. The lowest BCUT2D eigenvalue weighted by Gasteiger charge is -2.24. The number of hydroxylamine groups is 2. The fourth-order valence-corrected chi connectivity index (χ4v) is 2.03. The highest BCUT2D eigenvalue weighted by molar-refractivity contribution is 5.78. The lowest BCUT2D eigenvalue weighted by Crippen LogP contribution is -2.44. The first-order valence-electron chi connectivity index (χ1n) is 5.13. The van der Waals surface area contributed by atoms with Crippen LogP contribution in [0.25, 0.3) is 4.85 Å². The van der Waals surface area contributed by atoms with Crippen LogP contribution in [-0.2, 0) is 9.63 Å². The number of carbonyl (C=O) groups is 2. The number of carboxylic acid groups (broad SMARTS) is 1. The molecule has 9 heteroatoms. The van der Waals surface area contributed by atoms with Crippen molar-refractivity contribution in [3.63, 3.8) is 0 Å². The van der Waals surface area contributed by atoms with Crippen molar-refractivity contribution in [1.29, 1.82) is 0 Å². The first-order valence-corrected chi connectivity index (χ1v) is 5.13. The first kappa shape index (κ1) is 12.5. The zero-order valence-electron chi connectivity index (χ0n) is 9.05. The molecule has 2 aliphatic rings. The van der Waals surface area contributed by atoms with Crippen molar-refractivity contribution in [2.75, 3.05) is 6.54 Å². The summed E-state index contributed by atoms with van der Waals surface area (Å²) in [5.74, 6) is -2.46. The summed E-state index contributed by atoms with van der Waals surface area (Å²) in [4.78, 5) is 30.3. The van der Waals surface area contributed by atoms with Crippen LogP contribution in [0.2, 0.25) is 0 Å². The molecule has 7 nitrogen and oxygen atoms in total. The van der Waals surface area contributed by atoms with Crippen LogP contribution in [0, 0.1) is 6.57 Å². The third kappa shape index (κ3) is 1.84. The molecular weight excluding hydrogens is 252 g/mol. The van der Waals surface area contributed by atoms with Crippen LogP contribution in [0.1, 0.15) is 12.8 Å². The molecule has 2 atom stereocenters. The molecule has 98 valence electrons. The Hall–Kier alpha value is -1.95. The minimum atomic E-state index is -4.46. The molecule has 0 aromatic heterocycles. The Morgan fingerprint density at radius 3 is 2.78 bits per heavy atom. The monoisotopic (exact) mass is 261 g/mol. The van der Waals surface area contributed by atoms with E-state index in [-0.39, 0.29) is 6.54 Å². The maximum atomic E-state index is 12.9. The molecule has 2 heterocycles. The predicted octanol–water partition coefficient (Wildman–Crippen LogP) is 0.741. The van der Waals surface area contributed by atoms with Crippen LogP contribution in [0.4, 0.5) is 13.6 Å². The largest absolute Gasteiger partial charge is 0.476 e. The molecule has 18 heavy (non-hydrogen) atoms. The van der Waals surface area contributed by atoms with E-state index in [0.717, 1.165) is 4.90 Å². The highest BCUT2D eigenvalue weighted by atomic mass is 19.3. The third-order valence-corrected chi connectivity index (χ3v) is 2.90. The van der Waals surface area contributed by atoms with Crippen LogP contribution in [0.3, 0.4) is 0 Å². The number of carbonyl (C=O) groups excluding carboxylic acids is 1. The zero-order chi connectivity index (χ0) is 13.5. The van der Waals surface area contributed by atoms with Gasteiger partial charge >= 0.3 is 24.3 Å². The molecule has 0 saturated carbocycles. The summed E-state index contributed by atoms with van der Waals surface area (Å²) in [5.41, 5.74) is 0. The van der Waals surface area contributed by atoms with Crippen molar-refractivity contribution < 1.29 is 28.3 Å². The normalized spacial score (nSPS) is 27.3. The molecule has 0 aromatic carbocycles. The number of piperidine rings is 1. The van der Waals surface area contributed by atoms with Gasteiger partial charge < -0.3 is 5.11 Å². The average molecular weight is 261 g/mol. The Labute approximate surface area is 100 Å². The second-order valence-corrected chi connectivity index (χ2v) is 4.01. The van der Waals surface area contributed by atoms with Crippen LogP contribution in [0.15, 0.2) is 0 Å². The molecule has 2 rings (SSSR count). The van der Waals surface area contributed by atoms with Crippen LogP contribution >= 0.6 is 0 Å². The van der Waals surface area contributed by atoms with Gasteiger partial charge in [0, 0.05) is 6.42 Å². The Bertz CT molecular complexity index is 436. The van der Waals surface area contributed by atoms with E-state index in [1.54, 1.807) is 0 Å². The van der Waals surface area contributed by atoms with Gasteiger partial charge in [0.15, 0.2) is 0 Å². The van der Waals surface area contributed by atoms with Gasteiger partial charge in [-0.3, -0.25) is 9.74 Å². The van der Waals surface area contributed by atoms with E-state index in [4.69, 9.17) is 11.7 Å². The van der Waals surface area contributed by atoms with Crippen LogP contribution < -0.4 is 0 Å². The molecule has 2 amide bonds. The van der Waals surface area contributed by atoms with Crippen LogP contribution in [-0.4, -0.2) is 51.9 Å². The lowest BCUT2D eigenvalue weighted by atomic mass is 10.1. The van der Waals surface area contributed by atoms with Gasteiger partial charge in [0.25, 0.3) is 0 Å². The van der Waals surface area contributed by atoms with E-state index in [1.165, 1.54) is 0 Å². The molecule has 0 radical (unpaired) electrons. The number of nitrogens with zero attached hydrogens (tertiary/aromatic N) is 3. The van der Waals surface area contributed by atoms with Crippen molar-refractivity contribution >= 4 is 12.0 Å². The molecule has 0 aromatic rings. The number of halogens is 2. The predicted molar refractivity (Wildman–Crippen MR) is 51.0 cm³/mol. The summed E-state index contributed by atoms with van der Waals surface area (Å²) in [6.07, 6.45) is -4.47. The fraction of sp³-hybridized carbons (Fsp3) is 0.667. The number of urea groups is 1. The Morgan fingerprint density at radius 1 is 1.56 bits per heavy atom. The maximum Gasteiger partial charge on any atom is 0.476 e. The first-order chi connectivity index (χ1) is 8.36. The van der Waals surface area contributed by atoms with E-state index in [2.05, 4.69) is 9.68 Å². The standard InChI is InChI=1S/C9H9F2N3O4/c1-12-6-3-2-5-4-13(6)8(17)14(5)18-9(10,11)7(15)16/h5-6H,2-4H2,(H,15,16)/t5-,6+/m1/s1. The maximum absolute atomic E-state index is 12.9. The second kappa shape index (κ2) is 4.06. The summed E-state index contributed by atoms with van der Waals surface area (Å²) in [6, 6.07) is -1.53. The Kier molecular flexibility index (Phi) is 2.82. The molecule has 2 saturated heterocycles. The Balaban J connectivity index is 2.15. The Morgan fingerprint density at radius 2 is 2.22 bits per heavy atom. The van der Waals surface area contributed by atoms with Crippen molar-refractivity contribution in [2.45, 2.75) is 31.2 Å². The molecule has 0 spiro atoms. The SMILES string of the molecule is [C-]#[N+][C@@H]1CC[C@@H]2CN1C(=O)N2OC(F)(F)C(=O)O. The van der Waals surface area contributed by atoms with Gasteiger partial charge in [-0.25, -0.2) is 16.2 Å². The minimum Gasteiger partial charge on any atom is -0.475 e. The van der Waals surface area contributed by atoms with Gasteiger partial charge in [0.1, 0.15) is 0 Å². The number of amides is 2. The molecular formula is C9H9F2N3O4. The second-order valence-electron chi connectivity index (χ2n) is 4.01. The summed E-state index contributed by atoms with van der Waals surface area (Å²) < 4.78 is 25.8. The highest BCUT2D eigenvalue weighted by Gasteiger charge is 2.54. The van der Waals surface area contributed by atoms with Crippen LogP contribution in [0.5, 0.6) is 0 Å². The summed E-state index contributed by atoms with van der Waals surface area (Å²) >= 11 is 0. The van der Waals surface area contributed by atoms with E-state index < -0.39 is 30.3 Å². The zero-order valence-corrected chi connectivity index (χ0v) is 9.05. The number of rotatable bonds is 3. The summed E-state index contributed by atoms with van der Waals surface area (Å²) in [5, 5.41) is 8.63. The molecule has 0 aliphatic carbocycles. The molecule has 2 bridgehead atoms. The van der Waals surface area contributed by atoms with Gasteiger partial charge in [-0.05, 0) is 6.42 Å². The fourth-order valence-electron chi connectivity index (χ4n) is 2.03. The lowest BCUT2D eigenvalue weighted by molar-refractivity contribution is -0.327. The van der Waals surface area contributed by atoms with Gasteiger partial charge in [0.05, 0.1) is 12.6 Å². The number of aliphatic carboxylic acids is 1. The van der Waals surface area contributed by atoms with Crippen molar-refractivity contribution in [2.24, 2.45) is 0 Å². The topological polar surface area (TPSA) is 74.4 Å². The summed E-state index contributed by atoms with van der Waals surface area (Å²) in [6.45, 7) is 6.98. The van der Waals surface area contributed by atoms with Crippen molar-refractivity contribution in [1.82, 2.24) is 9.96 Å². The van der Waals surface area contributed by atoms with Gasteiger partial charge in [-0.15, -0.1) is 0 Å². The smallest absolute Gasteiger partial charge is 0.475 e. The number of hydrogen-bond acceptors (Lipinski definition) is 3. The third-order valence-electron chi connectivity index (χ3n) is 2.90. The number of fused-ring (bicyclic) bond motifs is 2. The van der Waals surface area contributed by atoms with Gasteiger partial charge in [-0.2, -0.15) is 18.7 Å². The number of alkyl halides is 2. The van der Waals surface area contributed by atoms with E-state index in [0.29, 0.717) is 17.9 Å². The van der Waals surface area contributed by atoms with E-state index >= 15 is 0 Å². The van der Waals surface area contributed by atoms with Crippen molar-refractivity contribution in [3.05, 3.63) is 11.4 Å². The minimum absolute atomic E-state index is 0.0988. The van der Waals surface area contributed by atoms with Crippen molar-refractivity contribution in [3.8, 4) is 0 Å². The average Bonchev–Trinajstić information content (AvgIpc) is 2.55. The molecule has 1 N–H and O–H groups in total. The highest BCUT2D eigenvalue weighted by Crippen LogP contribution is 2.33. The van der Waals surface area contributed by atoms with E-state index in [9.17, 15) is 18.4 Å². The van der Waals surface area contributed by atoms with Gasteiger partial charge in [0.2, 0.25) is 0 Å². The molecule has 2 fully saturated rings. The van der Waals surface area contributed by atoms with E-state index in [1.807, 2.05) is 0 Å². The molecule has 2 aliphatic heterocycles. The molecule has 0 unspecified atom stereocenters. The summed E-state index contributed by atoms with van der Waals surface area (Å²) in [7, 11) is 0. The van der Waals surface area contributed by atoms with Gasteiger partial charge in [-0.1, -0.05) is 0 Å². The quantitative estimate of drug-likeness (QED) is 0.760.